The molecule has 0 aromatic heterocycles. The predicted molar refractivity (Wildman–Crippen MR) is 213 cm³/mol. The molecule has 4 N–H and O–H groups in total. The van der Waals surface area contributed by atoms with Crippen LogP contribution in [0, 0.1) is 0 Å². The number of nitrogens with one attached hydrogen (secondary N) is 2. The number of carboxylic acids is 1. The third-order valence-corrected chi connectivity index (χ3v) is 8.45. The molecule has 2 atom stereocenters. The Kier molecular flexibility index (Phi) is 34.8. The van der Waals surface area contributed by atoms with E-state index in [1.54, 1.807) is 0 Å². The molecule has 9 nitrogen and oxygen atoms in total. The van der Waals surface area contributed by atoms with Gasteiger partial charge in [0.25, 0.3) is 0 Å². The second-order valence-electron chi connectivity index (χ2n) is 13.4. The number of aliphatic hydroxyl groups is 1. The van der Waals surface area contributed by atoms with Crippen LogP contribution >= 0.6 is 0 Å². The van der Waals surface area contributed by atoms with Gasteiger partial charge in [0, 0.05) is 12.8 Å². The molecule has 0 rings (SSSR count). The molecule has 2 unspecified atom stereocenters. The van der Waals surface area contributed by atoms with Crippen LogP contribution in [-0.4, -0.2) is 59.3 Å². The normalized spacial score (nSPS) is 13.1. The lowest BCUT2D eigenvalue weighted by Crippen LogP contribution is -2.47. The first-order valence-corrected chi connectivity index (χ1v) is 20.2. The Bertz CT molecular complexity index is 1060. The van der Waals surface area contributed by atoms with E-state index in [2.05, 4.69) is 79.2 Å². The van der Waals surface area contributed by atoms with Crippen LogP contribution in [0.25, 0.3) is 0 Å². The fourth-order valence-corrected chi connectivity index (χ4v) is 5.32. The van der Waals surface area contributed by atoms with Gasteiger partial charge in [0.1, 0.15) is 12.1 Å². The fraction of sp³-hybridized carbons (Fsp3) is 0.674. The number of amides is 2. The zero-order valence-electron chi connectivity index (χ0n) is 32.5. The number of carbonyl (C=O) groups is 4. The molecule has 0 aliphatic rings. The summed E-state index contributed by atoms with van der Waals surface area (Å²) in [7, 11) is 0. The summed E-state index contributed by atoms with van der Waals surface area (Å²) in [6.45, 7) is 3.35. The highest BCUT2D eigenvalue weighted by molar-refractivity contribution is 5.87. The molecule has 0 aromatic carbocycles. The number of aliphatic hydroxyl groups excluding tert-OH is 1. The van der Waals surface area contributed by atoms with Gasteiger partial charge in [-0.05, 0) is 83.1 Å². The third kappa shape index (κ3) is 33.7. The van der Waals surface area contributed by atoms with Crippen molar-refractivity contribution < 1.29 is 34.1 Å². The van der Waals surface area contributed by atoms with E-state index in [9.17, 15) is 19.2 Å². The van der Waals surface area contributed by atoms with Crippen LogP contribution in [-0.2, 0) is 23.9 Å². The van der Waals surface area contributed by atoms with Gasteiger partial charge in [0.05, 0.1) is 13.2 Å². The Hall–Kier alpha value is -3.46. The standard InChI is InChI=1S/C43H72N2O7/c1-3-5-7-9-11-13-15-16-18-20-22-27-31-35-42(49)52-38(32-28-24-21-19-17-14-12-10-8-6-4-2)33-29-25-23-26-30-34-40(47)44-36-41(48)45-39(37-46)43(50)51/h7,9,12-15,19,21,28,32,38-39,46H,3-6,8,10-11,16-18,20,22-27,29-31,33-37H2,1-2H3,(H,44,47)(H,45,48)(H,50,51)/b9-7-,14-12-,15-13-,21-19-,32-28-. The van der Waals surface area contributed by atoms with Gasteiger partial charge in [-0.3, -0.25) is 14.4 Å². The number of rotatable bonds is 35. The first kappa shape index (κ1) is 48.5. The molecule has 0 aliphatic carbocycles. The minimum atomic E-state index is -1.39. The average Bonchev–Trinajstić information content (AvgIpc) is 3.13. The zero-order chi connectivity index (χ0) is 38.3. The van der Waals surface area contributed by atoms with Crippen molar-refractivity contribution in [2.75, 3.05) is 13.2 Å². The molecule has 0 saturated carbocycles. The molecule has 0 aromatic rings. The van der Waals surface area contributed by atoms with Crippen molar-refractivity contribution in [3.05, 3.63) is 60.8 Å². The molecule has 296 valence electrons. The summed E-state index contributed by atoms with van der Waals surface area (Å²) >= 11 is 0. The minimum absolute atomic E-state index is 0.132. The van der Waals surface area contributed by atoms with Crippen LogP contribution in [0.5, 0.6) is 0 Å². The van der Waals surface area contributed by atoms with Crippen molar-refractivity contribution in [3.63, 3.8) is 0 Å². The Morgan fingerprint density at radius 2 is 1.13 bits per heavy atom. The molecule has 9 heteroatoms. The van der Waals surface area contributed by atoms with E-state index < -0.39 is 24.5 Å². The summed E-state index contributed by atoms with van der Waals surface area (Å²) in [4.78, 5) is 47.4. The molecule has 0 bridgehead atoms. The van der Waals surface area contributed by atoms with Crippen LogP contribution in [0.3, 0.4) is 0 Å². The van der Waals surface area contributed by atoms with E-state index >= 15 is 0 Å². The van der Waals surface area contributed by atoms with Crippen molar-refractivity contribution in [2.24, 2.45) is 0 Å². The van der Waals surface area contributed by atoms with Crippen molar-refractivity contribution in [1.82, 2.24) is 10.6 Å². The van der Waals surface area contributed by atoms with Gasteiger partial charge in [-0.25, -0.2) is 4.79 Å². The highest BCUT2D eigenvalue weighted by atomic mass is 16.5. The Balaban J connectivity index is 4.47. The first-order valence-electron chi connectivity index (χ1n) is 20.2. The maximum absolute atomic E-state index is 12.7. The quantitative estimate of drug-likeness (QED) is 0.0289. The lowest BCUT2D eigenvalue weighted by molar-refractivity contribution is -0.147. The zero-order valence-corrected chi connectivity index (χ0v) is 32.5. The van der Waals surface area contributed by atoms with E-state index in [1.165, 1.54) is 38.5 Å². The lowest BCUT2D eigenvalue weighted by atomic mass is 10.1. The van der Waals surface area contributed by atoms with Crippen molar-refractivity contribution in [2.45, 2.75) is 174 Å². The second-order valence-corrected chi connectivity index (χ2v) is 13.4. The molecule has 52 heavy (non-hydrogen) atoms. The minimum Gasteiger partial charge on any atom is -0.480 e. The number of hydrogen-bond acceptors (Lipinski definition) is 6. The number of aliphatic carboxylic acids is 1. The number of allylic oxidation sites excluding steroid dienone is 9. The van der Waals surface area contributed by atoms with E-state index in [4.69, 9.17) is 14.9 Å². The van der Waals surface area contributed by atoms with E-state index in [0.29, 0.717) is 12.8 Å². The Morgan fingerprint density at radius 1 is 0.596 bits per heavy atom. The number of unbranched alkanes of at least 4 members (excludes halogenated alkanes) is 13. The summed E-state index contributed by atoms with van der Waals surface area (Å²) in [5.74, 6) is -2.42. The smallest absolute Gasteiger partial charge is 0.328 e. The van der Waals surface area contributed by atoms with Crippen LogP contribution in [0.2, 0.25) is 0 Å². The number of carboxylic acid groups (broad SMARTS) is 1. The van der Waals surface area contributed by atoms with Crippen LogP contribution in [0.15, 0.2) is 60.8 Å². The second kappa shape index (κ2) is 37.3. The molecule has 0 spiro atoms. The van der Waals surface area contributed by atoms with Crippen LogP contribution < -0.4 is 10.6 Å². The van der Waals surface area contributed by atoms with Crippen molar-refractivity contribution in [3.8, 4) is 0 Å². The van der Waals surface area contributed by atoms with Crippen molar-refractivity contribution >= 4 is 23.8 Å². The molecule has 0 saturated heterocycles. The molecule has 0 fully saturated rings. The lowest BCUT2D eigenvalue weighted by Gasteiger charge is -2.15. The van der Waals surface area contributed by atoms with Crippen LogP contribution in [0.4, 0.5) is 0 Å². The first-order chi connectivity index (χ1) is 25.3. The van der Waals surface area contributed by atoms with Crippen molar-refractivity contribution in [1.29, 1.82) is 0 Å². The molecule has 0 heterocycles. The largest absolute Gasteiger partial charge is 0.480 e. The van der Waals surface area contributed by atoms with Crippen LogP contribution in [0.1, 0.15) is 162 Å². The number of ether oxygens (including phenoxy) is 1. The summed E-state index contributed by atoms with van der Waals surface area (Å²) < 4.78 is 5.89. The van der Waals surface area contributed by atoms with Gasteiger partial charge in [0.15, 0.2) is 0 Å². The summed E-state index contributed by atoms with van der Waals surface area (Å²) in [5, 5.41) is 22.5. The Labute approximate surface area is 315 Å². The van der Waals surface area contributed by atoms with Gasteiger partial charge in [-0.15, -0.1) is 0 Å². The molecule has 0 aliphatic heterocycles. The molecule has 0 radical (unpaired) electrons. The van der Waals surface area contributed by atoms with Gasteiger partial charge < -0.3 is 25.6 Å². The van der Waals surface area contributed by atoms with E-state index in [1.807, 2.05) is 6.08 Å². The van der Waals surface area contributed by atoms with Gasteiger partial charge in [0.2, 0.25) is 11.8 Å². The fourth-order valence-electron chi connectivity index (χ4n) is 5.32. The summed E-state index contributed by atoms with van der Waals surface area (Å²) in [6, 6.07) is -1.39. The van der Waals surface area contributed by atoms with Gasteiger partial charge >= 0.3 is 11.9 Å². The third-order valence-electron chi connectivity index (χ3n) is 8.45. The summed E-state index contributed by atoms with van der Waals surface area (Å²) in [5.41, 5.74) is 0. The molecular weight excluding hydrogens is 656 g/mol. The Morgan fingerprint density at radius 3 is 1.75 bits per heavy atom. The van der Waals surface area contributed by atoms with Gasteiger partial charge in [-0.2, -0.15) is 0 Å². The average molecular weight is 729 g/mol. The maximum atomic E-state index is 12.7. The maximum Gasteiger partial charge on any atom is 0.328 e. The number of carbonyl (C=O) groups excluding carboxylic acids is 3. The SMILES string of the molecule is CCC/C=C\C/C=C\CCCCCCCC(=O)OC(/C=C\C/C=C\C/C=C\CCCCC)CCCCCCCC(=O)NCC(=O)NC(CO)C(=O)O. The number of hydrogen-bond donors (Lipinski definition) is 4. The van der Waals surface area contributed by atoms with E-state index in [0.717, 1.165) is 89.9 Å². The monoisotopic (exact) mass is 729 g/mol. The summed E-state index contributed by atoms with van der Waals surface area (Å²) in [6.07, 6.45) is 44.0. The topological polar surface area (TPSA) is 142 Å². The predicted octanol–water partition coefficient (Wildman–Crippen LogP) is 9.37. The molecule has 2 amide bonds. The highest BCUT2D eigenvalue weighted by Crippen LogP contribution is 2.15. The van der Waals surface area contributed by atoms with Gasteiger partial charge in [-0.1, -0.05) is 126 Å². The number of esters is 1. The highest BCUT2D eigenvalue weighted by Gasteiger charge is 2.18. The van der Waals surface area contributed by atoms with E-state index in [-0.39, 0.29) is 30.9 Å². The molecular formula is C43H72N2O7.